The zero-order valence-electron chi connectivity index (χ0n) is 23.4. The van der Waals surface area contributed by atoms with Gasteiger partial charge < -0.3 is 9.47 Å². The molecule has 0 amide bonds. The van der Waals surface area contributed by atoms with Crippen molar-refractivity contribution in [1.29, 1.82) is 0 Å². The highest BCUT2D eigenvalue weighted by atomic mass is 79.9. The Morgan fingerprint density at radius 2 is 1.71 bits per heavy atom. The minimum Gasteiger partial charge on any atom is -0.490 e. The summed E-state index contributed by atoms with van der Waals surface area (Å²) in [6.07, 6.45) is 7.18. The van der Waals surface area contributed by atoms with E-state index in [9.17, 15) is 4.79 Å². The summed E-state index contributed by atoms with van der Waals surface area (Å²) in [6.45, 7) is 2.83. The van der Waals surface area contributed by atoms with E-state index >= 15 is 0 Å². The Labute approximate surface area is 261 Å². The van der Waals surface area contributed by atoms with Crippen molar-refractivity contribution >= 4 is 59.7 Å². The van der Waals surface area contributed by atoms with E-state index in [0.29, 0.717) is 35.6 Å². The van der Waals surface area contributed by atoms with Gasteiger partial charge in [0.25, 0.3) is 5.56 Å². The fourth-order valence-electron chi connectivity index (χ4n) is 5.63. The number of rotatable bonds is 8. The van der Waals surface area contributed by atoms with Crippen molar-refractivity contribution in [3.8, 4) is 11.5 Å². The van der Waals surface area contributed by atoms with Gasteiger partial charge in [0.05, 0.1) is 23.7 Å². The molecule has 6 nitrogen and oxygen atoms in total. The molecule has 1 fully saturated rings. The van der Waals surface area contributed by atoms with Crippen molar-refractivity contribution in [2.45, 2.75) is 51.6 Å². The Kier molecular flexibility index (Phi) is 8.72. The van der Waals surface area contributed by atoms with Gasteiger partial charge in [0.2, 0.25) is 0 Å². The standard InChI is InChI=1S/C34H31Br2N3O3/c1-2-41-31-17-25(29(36)19-32(31)42-21-24-13-8-12-22-9-6-7-14-27(22)24)20-37-39-33(23-10-4-3-5-11-23)38-30-16-15-26(35)18-28(30)34(39)40/h6-9,12-20,23H,2-5,10-11,21H2,1H3. The van der Waals surface area contributed by atoms with Crippen LogP contribution in [0.15, 0.2) is 91.6 Å². The van der Waals surface area contributed by atoms with E-state index in [-0.39, 0.29) is 11.5 Å². The van der Waals surface area contributed by atoms with Crippen molar-refractivity contribution in [2.75, 3.05) is 6.61 Å². The van der Waals surface area contributed by atoms with Gasteiger partial charge in [0.1, 0.15) is 12.4 Å². The molecule has 1 aliphatic carbocycles. The zero-order valence-corrected chi connectivity index (χ0v) is 26.5. The number of fused-ring (bicyclic) bond motifs is 2. The molecule has 8 heteroatoms. The molecule has 6 rings (SSSR count). The SMILES string of the molecule is CCOc1cc(C=Nn2c(C3CCCCC3)nc3ccc(Br)cc3c2=O)c(Br)cc1OCc1cccc2ccccc12. The van der Waals surface area contributed by atoms with E-state index in [1.165, 1.54) is 16.5 Å². The number of hydrogen-bond acceptors (Lipinski definition) is 5. The molecular formula is C34H31Br2N3O3. The Morgan fingerprint density at radius 1 is 0.929 bits per heavy atom. The predicted octanol–water partition coefficient (Wildman–Crippen LogP) is 8.98. The van der Waals surface area contributed by atoms with Crippen LogP contribution in [0, 0.1) is 0 Å². The van der Waals surface area contributed by atoms with Crippen LogP contribution in [0.5, 0.6) is 11.5 Å². The molecule has 5 aromatic rings. The minimum absolute atomic E-state index is 0.172. The van der Waals surface area contributed by atoms with Crippen LogP contribution in [0.3, 0.4) is 0 Å². The predicted molar refractivity (Wildman–Crippen MR) is 176 cm³/mol. The quantitative estimate of drug-likeness (QED) is 0.153. The van der Waals surface area contributed by atoms with Crippen LogP contribution in [0.2, 0.25) is 0 Å². The van der Waals surface area contributed by atoms with E-state index in [1.807, 2.05) is 55.5 Å². The van der Waals surface area contributed by atoms with Gasteiger partial charge in [-0.1, -0.05) is 77.7 Å². The Bertz CT molecular complexity index is 1840. The summed E-state index contributed by atoms with van der Waals surface area (Å²) in [5, 5.41) is 7.60. The Morgan fingerprint density at radius 3 is 2.55 bits per heavy atom. The summed E-state index contributed by atoms with van der Waals surface area (Å²) in [5.41, 5.74) is 2.39. The summed E-state index contributed by atoms with van der Waals surface area (Å²) < 4.78 is 15.4. The highest BCUT2D eigenvalue weighted by molar-refractivity contribution is 9.10. The second-order valence-electron chi connectivity index (χ2n) is 10.5. The molecular weight excluding hydrogens is 658 g/mol. The van der Waals surface area contributed by atoms with Crippen LogP contribution in [-0.2, 0) is 6.61 Å². The van der Waals surface area contributed by atoms with E-state index in [1.54, 1.807) is 6.21 Å². The van der Waals surface area contributed by atoms with Gasteiger partial charge in [0, 0.05) is 20.4 Å². The molecule has 0 N–H and O–H groups in total. The summed E-state index contributed by atoms with van der Waals surface area (Å²) in [4.78, 5) is 18.7. The monoisotopic (exact) mass is 687 g/mol. The summed E-state index contributed by atoms with van der Waals surface area (Å²) in [5.74, 6) is 2.17. The molecule has 4 aromatic carbocycles. The third kappa shape index (κ3) is 6.01. The lowest BCUT2D eigenvalue weighted by molar-refractivity contribution is 0.270. The lowest BCUT2D eigenvalue weighted by Gasteiger charge is -2.22. The molecule has 0 radical (unpaired) electrons. The minimum atomic E-state index is -0.172. The Balaban J connectivity index is 1.35. The Hall–Kier alpha value is -3.49. The highest BCUT2D eigenvalue weighted by Crippen LogP contribution is 2.35. The lowest BCUT2D eigenvalue weighted by atomic mass is 9.88. The smallest absolute Gasteiger partial charge is 0.282 e. The van der Waals surface area contributed by atoms with Gasteiger partial charge in [-0.25, -0.2) is 4.98 Å². The fourth-order valence-corrected chi connectivity index (χ4v) is 6.41. The van der Waals surface area contributed by atoms with Crippen molar-refractivity contribution in [3.63, 3.8) is 0 Å². The third-order valence-corrected chi connectivity index (χ3v) is 8.92. The normalized spacial score (nSPS) is 14.2. The molecule has 0 bridgehead atoms. The molecule has 214 valence electrons. The van der Waals surface area contributed by atoms with Crippen molar-refractivity contribution in [1.82, 2.24) is 9.66 Å². The first-order chi connectivity index (χ1) is 20.5. The van der Waals surface area contributed by atoms with E-state index in [4.69, 9.17) is 19.6 Å². The van der Waals surface area contributed by atoms with E-state index in [2.05, 4.69) is 56.1 Å². The number of nitrogens with zero attached hydrogens (tertiary/aromatic N) is 3. The van der Waals surface area contributed by atoms with Crippen molar-refractivity contribution in [2.24, 2.45) is 5.10 Å². The molecule has 0 saturated heterocycles. The van der Waals surface area contributed by atoms with Gasteiger partial charge in [-0.15, -0.1) is 0 Å². The fraction of sp³-hybridized carbons (Fsp3) is 0.265. The molecule has 0 atom stereocenters. The number of halogens is 2. The first kappa shape index (κ1) is 28.6. The van der Waals surface area contributed by atoms with Gasteiger partial charge in [0.15, 0.2) is 11.5 Å². The summed E-state index contributed by atoms with van der Waals surface area (Å²) in [6, 6.07) is 23.9. The van der Waals surface area contributed by atoms with Gasteiger partial charge >= 0.3 is 0 Å². The third-order valence-electron chi connectivity index (χ3n) is 7.74. The molecule has 0 spiro atoms. The second kappa shape index (κ2) is 12.8. The van der Waals surface area contributed by atoms with Crippen LogP contribution < -0.4 is 15.0 Å². The van der Waals surface area contributed by atoms with Crippen LogP contribution in [-0.4, -0.2) is 22.5 Å². The number of ether oxygens (including phenoxy) is 2. The largest absolute Gasteiger partial charge is 0.490 e. The lowest BCUT2D eigenvalue weighted by Crippen LogP contribution is -2.25. The molecule has 1 aromatic heterocycles. The molecule has 1 aliphatic rings. The first-order valence-electron chi connectivity index (χ1n) is 14.3. The average molecular weight is 689 g/mol. The van der Waals surface area contributed by atoms with Gasteiger partial charge in [-0.3, -0.25) is 4.79 Å². The second-order valence-corrected chi connectivity index (χ2v) is 12.3. The molecule has 1 saturated carbocycles. The number of benzene rings is 4. The van der Waals surface area contributed by atoms with Crippen LogP contribution in [0.1, 0.15) is 61.9 Å². The molecule has 0 unspecified atom stereocenters. The van der Waals surface area contributed by atoms with Crippen molar-refractivity contribution < 1.29 is 9.47 Å². The zero-order chi connectivity index (χ0) is 29.1. The van der Waals surface area contributed by atoms with Crippen LogP contribution in [0.4, 0.5) is 0 Å². The van der Waals surface area contributed by atoms with Gasteiger partial charge in [-0.2, -0.15) is 9.78 Å². The topological polar surface area (TPSA) is 65.7 Å². The van der Waals surface area contributed by atoms with Crippen LogP contribution in [0.25, 0.3) is 21.7 Å². The summed E-state index contributed by atoms with van der Waals surface area (Å²) >= 11 is 7.19. The number of aromatic nitrogens is 2. The van der Waals surface area contributed by atoms with E-state index in [0.717, 1.165) is 57.0 Å². The average Bonchev–Trinajstić information content (AvgIpc) is 3.01. The van der Waals surface area contributed by atoms with Crippen molar-refractivity contribution in [3.05, 3.63) is 109 Å². The first-order valence-corrected chi connectivity index (χ1v) is 15.9. The van der Waals surface area contributed by atoms with Gasteiger partial charge in [-0.05, 0) is 82.4 Å². The molecule has 1 heterocycles. The summed E-state index contributed by atoms with van der Waals surface area (Å²) in [7, 11) is 0. The molecule has 42 heavy (non-hydrogen) atoms. The molecule has 0 aliphatic heterocycles. The maximum absolute atomic E-state index is 13.7. The highest BCUT2D eigenvalue weighted by Gasteiger charge is 2.23. The maximum Gasteiger partial charge on any atom is 0.282 e. The van der Waals surface area contributed by atoms with Crippen LogP contribution >= 0.6 is 31.9 Å². The number of hydrogen-bond donors (Lipinski definition) is 0. The maximum atomic E-state index is 13.7. The van der Waals surface area contributed by atoms with E-state index < -0.39 is 0 Å².